The Bertz CT molecular complexity index is 921. The summed E-state index contributed by atoms with van der Waals surface area (Å²) < 4.78 is 11.2. The number of morpholine rings is 1. The van der Waals surface area contributed by atoms with Crippen molar-refractivity contribution in [3.8, 4) is 5.75 Å². The van der Waals surface area contributed by atoms with Crippen LogP contribution in [0.3, 0.4) is 0 Å². The maximum Gasteiger partial charge on any atom is 0.143 e. The second kappa shape index (κ2) is 7.40. The summed E-state index contributed by atoms with van der Waals surface area (Å²) in [6.07, 6.45) is 1.25. The number of H-pyrrole nitrogens is 1. The first-order valence-electron chi connectivity index (χ1n) is 8.79. The van der Waals surface area contributed by atoms with Crippen molar-refractivity contribution < 1.29 is 14.6 Å². The van der Waals surface area contributed by atoms with Gasteiger partial charge in [-0.25, -0.2) is 4.98 Å². The molecular formula is C19H22ClN3O3. The van der Waals surface area contributed by atoms with Gasteiger partial charge in [0.1, 0.15) is 24.1 Å². The number of nitrogens with zero attached hydrogens (tertiary/aromatic N) is 2. The third-order valence-corrected chi connectivity index (χ3v) is 4.97. The second-order valence-electron chi connectivity index (χ2n) is 6.71. The average molecular weight is 376 g/mol. The fourth-order valence-corrected chi connectivity index (χ4v) is 3.62. The molecule has 3 heterocycles. The summed E-state index contributed by atoms with van der Waals surface area (Å²) in [5.41, 5.74) is 2.66. The molecule has 1 aromatic carbocycles. The van der Waals surface area contributed by atoms with Gasteiger partial charge in [-0.1, -0.05) is 11.6 Å². The number of nitrogens with one attached hydrogen (secondary N) is 1. The smallest absolute Gasteiger partial charge is 0.143 e. The third kappa shape index (κ3) is 3.50. The Morgan fingerprint density at radius 3 is 3.00 bits per heavy atom. The topological polar surface area (TPSA) is 70.6 Å². The molecule has 0 bridgehead atoms. The number of hydrogen-bond donors (Lipinski definition) is 2. The molecule has 1 aliphatic rings. The highest BCUT2D eigenvalue weighted by Gasteiger charge is 2.17. The van der Waals surface area contributed by atoms with Gasteiger partial charge in [0.2, 0.25) is 0 Å². The highest BCUT2D eigenvalue weighted by atomic mass is 35.5. The molecule has 0 saturated carbocycles. The quantitative estimate of drug-likeness (QED) is 0.717. The van der Waals surface area contributed by atoms with Gasteiger partial charge in [-0.3, -0.25) is 4.90 Å². The molecule has 26 heavy (non-hydrogen) atoms. The van der Waals surface area contributed by atoms with Crippen LogP contribution in [-0.4, -0.2) is 65.5 Å². The fourth-order valence-electron chi connectivity index (χ4n) is 3.36. The van der Waals surface area contributed by atoms with Crippen molar-refractivity contribution in [3.63, 3.8) is 0 Å². The van der Waals surface area contributed by atoms with E-state index >= 15 is 0 Å². The van der Waals surface area contributed by atoms with Crippen molar-refractivity contribution in [2.24, 2.45) is 0 Å². The van der Waals surface area contributed by atoms with Crippen molar-refractivity contribution in [3.05, 3.63) is 35.0 Å². The van der Waals surface area contributed by atoms with Crippen LogP contribution in [0.5, 0.6) is 5.75 Å². The Kier molecular flexibility index (Phi) is 5.00. The van der Waals surface area contributed by atoms with E-state index in [4.69, 9.17) is 21.1 Å². The largest absolute Gasteiger partial charge is 0.489 e. The molecule has 7 heteroatoms. The minimum absolute atomic E-state index is 0.218. The molecule has 2 aromatic heterocycles. The van der Waals surface area contributed by atoms with E-state index in [1.807, 2.05) is 25.3 Å². The molecule has 0 radical (unpaired) electrons. The maximum atomic E-state index is 10.3. The average Bonchev–Trinajstić information content (AvgIpc) is 3.01. The van der Waals surface area contributed by atoms with Crippen LogP contribution in [-0.2, 0) is 4.74 Å². The van der Waals surface area contributed by atoms with E-state index in [9.17, 15) is 5.11 Å². The number of pyridine rings is 1. The molecule has 4 rings (SSSR count). The lowest BCUT2D eigenvalue weighted by Crippen LogP contribution is -2.42. The van der Waals surface area contributed by atoms with Gasteiger partial charge in [-0.2, -0.15) is 0 Å². The fraction of sp³-hybridized carbons (Fsp3) is 0.421. The molecule has 3 aromatic rings. The van der Waals surface area contributed by atoms with Gasteiger partial charge in [0.25, 0.3) is 0 Å². The minimum atomic E-state index is -0.566. The minimum Gasteiger partial charge on any atom is -0.489 e. The van der Waals surface area contributed by atoms with Crippen molar-refractivity contribution in [2.45, 2.75) is 13.0 Å². The summed E-state index contributed by atoms with van der Waals surface area (Å²) in [6.45, 7) is 5.91. The van der Waals surface area contributed by atoms with E-state index in [1.54, 1.807) is 0 Å². The Hall–Kier alpha value is -1.86. The van der Waals surface area contributed by atoms with Crippen molar-refractivity contribution in [1.82, 2.24) is 14.9 Å². The summed E-state index contributed by atoms with van der Waals surface area (Å²) in [4.78, 5) is 9.91. The van der Waals surface area contributed by atoms with Crippen LogP contribution >= 0.6 is 11.6 Å². The van der Waals surface area contributed by atoms with Crippen molar-refractivity contribution >= 4 is 33.5 Å². The summed E-state index contributed by atoms with van der Waals surface area (Å²) in [5, 5.41) is 12.8. The Morgan fingerprint density at radius 1 is 1.38 bits per heavy atom. The number of hydrogen-bond acceptors (Lipinski definition) is 5. The third-order valence-electron chi connectivity index (χ3n) is 4.66. The monoisotopic (exact) mass is 375 g/mol. The van der Waals surface area contributed by atoms with Crippen LogP contribution in [0.4, 0.5) is 0 Å². The van der Waals surface area contributed by atoms with Gasteiger partial charge in [-0.15, -0.1) is 0 Å². The SMILES string of the molecule is Cc1cnc2[nH]c3c(OCC(O)CN4CCOCC4)ccc(Cl)c3c2c1. The number of rotatable bonds is 5. The van der Waals surface area contributed by atoms with Crippen molar-refractivity contribution in [1.29, 1.82) is 0 Å². The molecule has 138 valence electrons. The molecule has 1 atom stereocenters. The highest BCUT2D eigenvalue weighted by Crippen LogP contribution is 2.36. The lowest BCUT2D eigenvalue weighted by Gasteiger charge is -2.28. The number of aliphatic hydroxyl groups is 1. The normalized spacial score (nSPS) is 17.0. The van der Waals surface area contributed by atoms with E-state index in [-0.39, 0.29) is 6.61 Å². The molecule has 1 saturated heterocycles. The molecule has 1 aliphatic heterocycles. The number of halogens is 1. The number of aromatic nitrogens is 2. The second-order valence-corrected chi connectivity index (χ2v) is 7.11. The first kappa shape index (κ1) is 17.5. The molecule has 6 nitrogen and oxygen atoms in total. The lowest BCUT2D eigenvalue weighted by molar-refractivity contribution is 0.00478. The molecule has 1 unspecified atom stereocenters. The predicted octanol–water partition coefficient (Wildman–Crippen LogP) is 2.75. The van der Waals surface area contributed by atoms with E-state index in [0.717, 1.165) is 40.6 Å². The van der Waals surface area contributed by atoms with Gasteiger partial charge in [0, 0.05) is 36.6 Å². The first-order chi connectivity index (χ1) is 12.6. The zero-order chi connectivity index (χ0) is 18.1. The van der Waals surface area contributed by atoms with Crippen LogP contribution in [0, 0.1) is 6.92 Å². The number of aryl methyl sites for hydroxylation is 1. The Balaban J connectivity index is 1.55. The molecule has 2 N–H and O–H groups in total. The summed E-state index contributed by atoms with van der Waals surface area (Å²) in [6, 6.07) is 5.71. The maximum absolute atomic E-state index is 10.3. The van der Waals surface area contributed by atoms with Crippen LogP contribution in [0.2, 0.25) is 5.02 Å². The first-order valence-corrected chi connectivity index (χ1v) is 9.17. The zero-order valence-corrected chi connectivity index (χ0v) is 15.4. The van der Waals surface area contributed by atoms with Gasteiger partial charge in [-0.05, 0) is 30.7 Å². The van der Waals surface area contributed by atoms with Gasteiger partial charge >= 0.3 is 0 Å². The molecule has 1 fully saturated rings. The lowest BCUT2D eigenvalue weighted by atomic mass is 10.1. The molecule has 0 aliphatic carbocycles. The number of ether oxygens (including phenoxy) is 2. The van der Waals surface area contributed by atoms with E-state index in [0.29, 0.717) is 30.5 Å². The molecule has 0 amide bonds. The summed E-state index contributed by atoms with van der Waals surface area (Å²) >= 11 is 6.42. The standard InChI is InChI=1S/C19H22ClN3O3/c1-12-8-14-17-15(20)2-3-16(18(17)22-19(14)21-9-12)26-11-13(24)10-23-4-6-25-7-5-23/h2-3,8-9,13,24H,4-7,10-11H2,1H3,(H,21,22). The van der Waals surface area contributed by atoms with Crippen LogP contribution < -0.4 is 4.74 Å². The number of fused-ring (bicyclic) bond motifs is 3. The summed E-state index contributed by atoms with van der Waals surface area (Å²) in [7, 11) is 0. The predicted molar refractivity (Wildman–Crippen MR) is 102 cm³/mol. The highest BCUT2D eigenvalue weighted by molar-refractivity contribution is 6.38. The Labute approximate surface area is 156 Å². The van der Waals surface area contributed by atoms with Gasteiger partial charge in [0.15, 0.2) is 0 Å². The van der Waals surface area contributed by atoms with Gasteiger partial charge < -0.3 is 19.6 Å². The molecular weight excluding hydrogens is 354 g/mol. The van der Waals surface area contributed by atoms with Crippen molar-refractivity contribution in [2.75, 3.05) is 39.5 Å². The van der Waals surface area contributed by atoms with Gasteiger partial charge in [0.05, 0.1) is 23.8 Å². The Morgan fingerprint density at radius 2 is 2.19 bits per heavy atom. The molecule has 0 spiro atoms. The van der Waals surface area contributed by atoms with E-state index in [1.165, 1.54) is 0 Å². The van der Waals surface area contributed by atoms with Crippen LogP contribution in [0.1, 0.15) is 5.56 Å². The number of aliphatic hydroxyl groups excluding tert-OH is 1. The zero-order valence-electron chi connectivity index (χ0n) is 14.7. The van der Waals surface area contributed by atoms with Crippen LogP contribution in [0.15, 0.2) is 24.4 Å². The summed E-state index contributed by atoms with van der Waals surface area (Å²) in [5.74, 6) is 0.668. The number of aromatic amines is 1. The number of benzene rings is 1. The number of β-amino-alcohol motifs (C(OH)–C–C–N with tert-alkyl or cyclic N) is 1. The van der Waals surface area contributed by atoms with E-state index in [2.05, 4.69) is 20.9 Å². The van der Waals surface area contributed by atoms with Crippen LogP contribution in [0.25, 0.3) is 21.9 Å². The van der Waals surface area contributed by atoms with E-state index < -0.39 is 6.10 Å².